The monoisotopic (exact) mass is 555 g/mol. The van der Waals surface area contributed by atoms with Crippen LogP contribution in [0.5, 0.6) is 0 Å². The molecule has 0 saturated carbocycles. The SMILES string of the molecule is OCCCCCCCCCCCCCCCCCCOCCCCCCCCCCCCCCCCCCO. The molecule has 3 heteroatoms. The predicted molar refractivity (Wildman–Crippen MR) is 173 cm³/mol. The fraction of sp³-hybridized carbons (Fsp3) is 1.00. The van der Waals surface area contributed by atoms with Crippen molar-refractivity contribution in [1.29, 1.82) is 0 Å². The molecule has 0 rings (SSSR count). The van der Waals surface area contributed by atoms with E-state index in [2.05, 4.69) is 0 Å². The van der Waals surface area contributed by atoms with E-state index in [1.807, 2.05) is 0 Å². The summed E-state index contributed by atoms with van der Waals surface area (Å²) in [4.78, 5) is 0. The molecular weight excluding hydrogens is 480 g/mol. The van der Waals surface area contributed by atoms with E-state index in [0.717, 1.165) is 26.1 Å². The van der Waals surface area contributed by atoms with Crippen molar-refractivity contribution in [3.05, 3.63) is 0 Å². The zero-order chi connectivity index (χ0) is 28.2. The third-order valence-corrected chi connectivity index (χ3v) is 8.39. The Morgan fingerprint density at radius 3 is 0.538 bits per heavy atom. The summed E-state index contributed by atoms with van der Waals surface area (Å²) >= 11 is 0. The summed E-state index contributed by atoms with van der Waals surface area (Å²) < 4.78 is 5.86. The van der Waals surface area contributed by atoms with Crippen LogP contribution < -0.4 is 0 Å². The Morgan fingerprint density at radius 2 is 0.359 bits per heavy atom. The van der Waals surface area contributed by atoms with Crippen LogP contribution in [0.25, 0.3) is 0 Å². The van der Waals surface area contributed by atoms with Gasteiger partial charge in [0, 0.05) is 26.4 Å². The summed E-state index contributed by atoms with van der Waals surface area (Å²) in [5.41, 5.74) is 0. The van der Waals surface area contributed by atoms with Crippen LogP contribution in [-0.4, -0.2) is 36.6 Å². The lowest BCUT2D eigenvalue weighted by atomic mass is 10.0. The fourth-order valence-corrected chi connectivity index (χ4v) is 5.68. The van der Waals surface area contributed by atoms with Crippen LogP contribution in [0.2, 0.25) is 0 Å². The van der Waals surface area contributed by atoms with Gasteiger partial charge in [-0.25, -0.2) is 0 Å². The quantitative estimate of drug-likeness (QED) is 0.0757. The Kier molecular flexibility index (Phi) is 37.8. The summed E-state index contributed by atoms with van der Waals surface area (Å²) in [6.07, 6.45) is 43.4. The minimum Gasteiger partial charge on any atom is -0.396 e. The van der Waals surface area contributed by atoms with Gasteiger partial charge < -0.3 is 14.9 Å². The van der Waals surface area contributed by atoms with Crippen LogP contribution in [-0.2, 0) is 4.74 Å². The van der Waals surface area contributed by atoms with Gasteiger partial charge in [-0.2, -0.15) is 0 Å². The number of aliphatic hydroxyl groups excluding tert-OH is 2. The molecule has 0 atom stereocenters. The molecule has 0 heterocycles. The molecule has 0 radical (unpaired) electrons. The number of hydrogen-bond acceptors (Lipinski definition) is 3. The van der Waals surface area contributed by atoms with Crippen molar-refractivity contribution in [2.45, 2.75) is 205 Å². The normalized spacial score (nSPS) is 11.5. The first-order valence-corrected chi connectivity index (χ1v) is 18.2. The van der Waals surface area contributed by atoms with Gasteiger partial charge in [0.15, 0.2) is 0 Å². The smallest absolute Gasteiger partial charge is 0.0466 e. The molecule has 0 aliphatic carbocycles. The van der Waals surface area contributed by atoms with Gasteiger partial charge >= 0.3 is 0 Å². The number of ether oxygens (including phenoxy) is 1. The number of aliphatic hydroxyl groups is 2. The van der Waals surface area contributed by atoms with Crippen molar-refractivity contribution in [2.24, 2.45) is 0 Å². The van der Waals surface area contributed by atoms with Gasteiger partial charge in [0.25, 0.3) is 0 Å². The van der Waals surface area contributed by atoms with E-state index in [0.29, 0.717) is 13.2 Å². The van der Waals surface area contributed by atoms with E-state index in [1.165, 1.54) is 193 Å². The van der Waals surface area contributed by atoms with E-state index in [-0.39, 0.29) is 0 Å². The van der Waals surface area contributed by atoms with E-state index < -0.39 is 0 Å². The van der Waals surface area contributed by atoms with Gasteiger partial charge in [-0.05, 0) is 25.7 Å². The summed E-state index contributed by atoms with van der Waals surface area (Å²) in [5.74, 6) is 0. The summed E-state index contributed by atoms with van der Waals surface area (Å²) in [6, 6.07) is 0. The minimum absolute atomic E-state index is 0.366. The molecule has 236 valence electrons. The lowest BCUT2D eigenvalue weighted by Crippen LogP contribution is -1.97. The van der Waals surface area contributed by atoms with Gasteiger partial charge in [0.1, 0.15) is 0 Å². The highest BCUT2D eigenvalue weighted by molar-refractivity contribution is 4.52. The maximum atomic E-state index is 8.78. The highest BCUT2D eigenvalue weighted by Gasteiger charge is 1.97. The van der Waals surface area contributed by atoms with E-state index in [4.69, 9.17) is 14.9 Å². The molecule has 0 aromatic rings. The van der Waals surface area contributed by atoms with Crippen LogP contribution in [0.1, 0.15) is 205 Å². The minimum atomic E-state index is 0.366. The second-order valence-electron chi connectivity index (χ2n) is 12.4. The Labute approximate surface area is 246 Å². The van der Waals surface area contributed by atoms with Crippen LogP contribution >= 0.6 is 0 Å². The molecule has 0 bridgehead atoms. The van der Waals surface area contributed by atoms with Crippen molar-refractivity contribution in [3.63, 3.8) is 0 Å². The first-order chi connectivity index (χ1) is 19.4. The van der Waals surface area contributed by atoms with Gasteiger partial charge in [0.05, 0.1) is 0 Å². The molecule has 0 aromatic heterocycles. The Hall–Kier alpha value is -0.120. The molecule has 2 N–H and O–H groups in total. The molecule has 0 fully saturated rings. The molecule has 0 saturated heterocycles. The fourth-order valence-electron chi connectivity index (χ4n) is 5.68. The second-order valence-corrected chi connectivity index (χ2v) is 12.4. The van der Waals surface area contributed by atoms with Crippen LogP contribution in [0.3, 0.4) is 0 Å². The summed E-state index contributed by atoms with van der Waals surface area (Å²) in [5, 5.41) is 17.6. The highest BCUT2D eigenvalue weighted by atomic mass is 16.5. The topological polar surface area (TPSA) is 49.7 Å². The maximum Gasteiger partial charge on any atom is 0.0466 e. The highest BCUT2D eigenvalue weighted by Crippen LogP contribution is 2.15. The third-order valence-electron chi connectivity index (χ3n) is 8.39. The van der Waals surface area contributed by atoms with E-state index in [1.54, 1.807) is 0 Å². The summed E-state index contributed by atoms with van der Waals surface area (Å²) in [6.45, 7) is 2.69. The molecule has 0 spiro atoms. The Morgan fingerprint density at radius 1 is 0.205 bits per heavy atom. The van der Waals surface area contributed by atoms with E-state index >= 15 is 0 Å². The lowest BCUT2D eigenvalue weighted by molar-refractivity contribution is 0.125. The largest absolute Gasteiger partial charge is 0.396 e. The number of hydrogen-bond donors (Lipinski definition) is 2. The van der Waals surface area contributed by atoms with Gasteiger partial charge in [-0.15, -0.1) is 0 Å². The lowest BCUT2D eigenvalue weighted by Gasteiger charge is -2.06. The van der Waals surface area contributed by atoms with Crippen molar-refractivity contribution in [3.8, 4) is 0 Å². The maximum absolute atomic E-state index is 8.78. The first kappa shape index (κ1) is 38.9. The summed E-state index contributed by atoms with van der Waals surface area (Å²) in [7, 11) is 0. The van der Waals surface area contributed by atoms with Crippen LogP contribution in [0.4, 0.5) is 0 Å². The molecule has 0 aliphatic heterocycles. The average Bonchev–Trinajstić information content (AvgIpc) is 2.95. The van der Waals surface area contributed by atoms with Crippen molar-refractivity contribution in [1.82, 2.24) is 0 Å². The molecule has 0 aliphatic rings. The number of rotatable bonds is 36. The van der Waals surface area contributed by atoms with Crippen molar-refractivity contribution < 1.29 is 14.9 Å². The molecular formula is C36H74O3. The zero-order valence-electron chi connectivity index (χ0n) is 26.8. The van der Waals surface area contributed by atoms with Gasteiger partial charge in [-0.3, -0.25) is 0 Å². The Balaban J connectivity index is 3.01. The van der Waals surface area contributed by atoms with Crippen molar-refractivity contribution in [2.75, 3.05) is 26.4 Å². The van der Waals surface area contributed by atoms with Crippen molar-refractivity contribution >= 4 is 0 Å². The Bertz CT molecular complexity index is 365. The standard InChI is InChI=1S/C36H74O3/c37-33-29-25-21-17-13-9-5-1-3-7-11-15-19-23-27-31-35-39-36-32-28-24-20-16-12-8-4-2-6-10-14-18-22-26-30-34-38/h37-38H,1-36H2. The van der Waals surface area contributed by atoms with Gasteiger partial charge in [0.2, 0.25) is 0 Å². The first-order valence-electron chi connectivity index (χ1n) is 18.2. The molecule has 0 aromatic carbocycles. The number of unbranched alkanes of at least 4 members (excludes halogenated alkanes) is 30. The molecule has 0 unspecified atom stereocenters. The van der Waals surface area contributed by atoms with Gasteiger partial charge in [-0.1, -0.05) is 180 Å². The zero-order valence-corrected chi connectivity index (χ0v) is 26.8. The van der Waals surface area contributed by atoms with Crippen LogP contribution in [0.15, 0.2) is 0 Å². The molecule has 3 nitrogen and oxygen atoms in total. The molecule has 0 amide bonds. The molecule has 39 heavy (non-hydrogen) atoms. The second kappa shape index (κ2) is 37.9. The average molecular weight is 555 g/mol. The predicted octanol–water partition coefficient (Wildman–Crippen LogP) is 11.5. The van der Waals surface area contributed by atoms with E-state index in [9.17, 15) is 0 Å². The third kappa shape index (κ3) is 37.9. The van der Waals surface area contributed by atoms with Crippen LogP contribution in [0, 0.1) is 0 Å².